The van der Waals surface area contributed by atoms with Crippen molar-refractivity contribution in [3.63, 3.8) is 0 Å². The van der Waals surface area contributed by atoms with Gasteiger partial charge in [0.1, 0.15) is 5.82 Å². The molecule has 5 rings (SSSR count). The number of carbonyl (C=O) groups excluding carboxylic acids is 1. The molecule has 1 aliphatic rings. The average Bonchev–Trinajstić information content (AvgIpc) is 3.48. The van der Waals surface area contributed by atoms with Gasteiger partial charge in [-0.25, -0.2) is 4.98 Å². The lowest BCUT2D eigenvalue weighted by Gasteiger charge is -2.28. The Labute approximate surface area is 216 Å². The first-order chi connectivity index (χ1) is 17.5. The van der Waals surface area contributed by atoms with Crippen molar-refractivity contribution in [1.82, 2.24) is 24.8 Å². The molecule has 4 heterocycles. The van der Waals surface area contributed by atoms with Gasteiger partial charge in [-0.2, -0.15) is 0 Å². The van der Waals surface area contributed by atoms with Crippen molar-refractivity contribution in [2.75, 3.05) is 11.9 Å². The minimum atomic E-state index is -0.169. The second-order valence-electron chi connectivity index (χ2n) is 8.98. The Kier molecular flexibility index (Phi) is 6.77. The third-order valence-electron chi connectivity index (χ3n) is 6.31. The third-order valence-corrected chi connectivity index (χ3v) is 6.66. The number of hydrogen-bond acceptors (Lipinski definition) is 4. The highest BCUT2D eigenvalue weighted by Crippen LogP contribution is 2.39. The summed E-state index contributed by atoms with van der Waals surface area (Å²) in [5.74, 6) is 0.773. The first-order valence-corrected chi connectivity index (χ1v) is 12.4. The molecule has 4 aromatic rings. The quantitative estimate of drug-likeness (QED) is 0.355. The van der Waals surface area contributed by atoms with Crippen LogP contribution in [0.15, 0.2) is 85.3 Å². The molecule has 1 saturated heterocycles. The lowest BCUT2D eigenvalue weighted by atomic mass is 10.0. The van der Waals surface area contributed by atoms with Crippen molar-refractivity contribution in [3.8, 4) is 5.82 Å². The van der Waals surface area contributed by atoms with E-state index in [1.165, 1.54) is 0 Å². The van der Waals surface area contributed by atoms with Crippen molar-refractivity contribution >= 4 is 28.9 Å². The summed E-state index contributed by atoms with van der Waals surface area (Å²) >= 11 is 5.77. The Morgan fingerprint density at radius 2 is 1.92 bits per heavy atom. The van der Waals surface area contributed by atoms with Crippen molar-refractivity contribution < 1.29 is 4.79 Å². The van der Waals surface area contributed by atoms with E-state index < -0.39 is 0 Å². The highest BCUT2D eigenvalue weighted by Gasteiger charge is 2.41. The monoisotopic (exact) mass is 496 g/mol. The predicted molar refractivity (Wildman–Crippen MR) is 145 cm³/mol. The van der Waals surface area contributed by atoms with Gasteiger partial charge in [-0.15, -0.1) is 0 Å². The van der Waals surface area contributed by atoms with Crippen LogP contribution in [-0.2, 0) is 4.79 Å². The summed E-state index contributed by atoms with van der Waals surface area (Å²) in [4.78, 5) is 24.2. The summed E-state index contributed by atoms with van der Waals surface area (Å²) in [5, 5.41) is 7.06. The fourth-order valence-electron chi connectivity index (χ4n) is 4.58. The zero-order valence-electron chi connectivity index (χ0n) is 20.3. The SMILES string of the molecule is Cc1ccc(-n2cccc2[C@@H]2[C@H](c3ccccn3)NC(=S)N2CCC(=O)Nc2cccc(C)c2)nc1. The van der Waals surface area contributed by atoms with Crippen LogP contribution in [0.3, 0.4) is 0 Å². The molecule has 1 fully saturated rings. The Morgan fingerprint density at radius 3 is 2.67 bits per heavy atom. The van der Waals surface area contributed by atoms with Gasteiger partial charge in [-0.05, 0) is 79.7 Å². The highest BCUT2D eigenvalue weighted by atomic mass is 32.1. The topological polar surface area (TPSA) is 75.1 Å². The molecule has 36 heavy (non-hydrogen) atoms. The molecular formula is C28H28N6OS. The molecule has 182 valence electrons. The zero-order valence-corrected chi connectivity index (χ0v) is 21.1. The van der Waals surface area contributed by atoms with Crippen LogP contribution in [0.25, 0.3) is 5.82 Å². The number of amides is 1. The number of benzene rings is 1. The summed E-state index contributed by atoms with van der Waals surface area (Å²) in [5.41, 5.74) is 4.91. The molecule has 0 aliphatic carbocycles. The number of anilines is 1. The smallest absolute Gasteiger partial charge is 0.226 e. The molecule has 1 aliphatic heterocycles. The van der Waals surface area contributed by atoms with E-state index in [0.717, 1.165) is 34.0 Å². The van der Waals surface area contributed by atoms with Gasteiger partial charge in [0, 0.05) is 42.9 Å². The van der Waals surface area contributed by atoms with E-state index in [9.17, 15) is 4.79 Å². The molecule has 2 atom stereocenters. The number of hydrogen-bond donors (Lipinski definition) is 2. The van der Waals surface area contributed by atoms with Gasteiger partial charge in [0.25, 0.3) is 0 Å². The second kappa shape index (κ2) is 10.3. The van der Waals surface area contributed by atoms with Crippen molar-refractivity contribution in [2.24, 2.45) is 0 Å². The Hall–Kier alpha value is -4.04. The van der Waals surface area contributed by atoms with E-state index in [1.807, 2.05) is 86.9 Å². The van der Waals surface area contributed by atoms with Crippen LogP contribution in [0, 0.1) is 13.8 Å². The summed E-state index contributed by atoms with van der Waals surface area (Å²) < 4.78 is 2.08. The number of thiocarbonyl (C=S) groups is 1. The minimum Gasteiger partial charge on any atom is -0.352 e. The first kappa shape index (κ1) is 23.7. The number of nitrogens with one attached hydrogen (secondary N) is 2. The summed E-state index contributed by atoms with van der Waals surface area (Å²) in [6.45, 7) is 4.49. The number of nitrogens with zero attached hydrogens (tertiary/aromatic N) is 4. The first-order valence-electron chi connectivity index (χ1n) is 11.9. The highest BCUT2D eigenvalue weighted by molar-refractivity contribution is 7.80. The van der Waals surface area contributed by atoms with Gasteiger partial charge in [0.2, 0.25) is 5.91 Å². The standard InChI is InChI=1S/C28H28N6OS/c1-19-7-5-8-21(17-19)31-25(35)13-16-34-27(26(32-28(34)36)22-9-3-4-14-29-22)23-10-6-15-33(23)24-12-11-20(2)18-30-24/h3-12,14-15,17-18,26-27H,13,16H2,1-2H3,(H,31,35)(H,32,36)/t26-,27+/m0/s1. The molecule has 7 nitrogen and oxygen atoms in total. The predicted octanol–water partition coefficient (Wildman–Crippen LogP) is 4.89. The maximum atomic E-state index is 12.8. The van der Waals surface area contributed by atoms with Crippen LogP contribution >= 0.6 is 12.2 Å². The Balaban J connectivity index is 1.44. The molecule has 0 bridgehead atoms. The van der Waals surface area contributed by atoms with Crippen molar-refractivity contribution in [2.45, 2.75) is 32.4 Å². The summed E-state index contributed by atoms with van der Waals surface area (Å²) in [6, 6.07) is 21.5. The number of rotatable bonds is 7. The molecule has 0 saturated carbocycles. The zero-order chi connectivity index (χ0) is 25.1. The lowest BCUT2D eigenvalue weighted by Crippen LogP contribution is -2.33. The maximum absolute atomic E-state index is 12.8. The van der Waals surface area contributed by atoms with Crippen LogP contribution in [0.4, 0.5) is 5.69 Å². The van der Waals surface area contributed by atoms with Crippen molar-refractivity contribution in [3.05, 3.63) is 108 Å². The molecule has 0 radical (unpaired) electrons. The fourth-order valence-corrected chi connectivity index (χ4v) is 4.91. The summed E-state index contributed by atoms with van der Waals surface area (Å²) in [7, 11) is 0. The van der Waals surface area contributed by atoms with Crippen LogP contribution < -0.4 is 10.6 Å². The van der Waals surface area contributed by atoms with Gasteiger partial charge in [-0.3, -0.25) is 9.78 Å². The van der Waals surface area contributed by atoms with Crippen molar-refractivity contribution in [1.29, 1.82) is 0 Å². The third kappa shape index (κ3) is 4.99. The van der Waals surface area contributed by atoms with Crippen LogP contribution in [0.1, 0.15) is 41.0 Å². The number of aromatic nitrogens is 3. The number of pyridine rings is 2. The van der Waals surface area contributed by atoms with Gasteiger partial charge >= 0.3 is 0 Å². The molecule has 1 aromatic carbocycles. The van der Waals surface area contributed by atoms with Crippen LogP contribution in [-0.4, -0.2) is 37.0 Å². The van der Waals surface area contributed by atoms with Gasteiger partial charge in [0.05, 0.1) is 17.8 Å². The van der Waals surface area contributed by atoms with E-state index in [0.29, 0.717) is 18.1 Å². The lowest BCUT2D eigenvalue weighted by molar-refractivity contribution is -0.116. The van der Waals surface area contributed by atoms with Crippen LogP contribution in [0.2, 0.25) is 0 Å². The van der Waals surface area contributed by atoms with Crippen LogP contribution in [0.5, 0.6) is 0 Å². The largest absolute Gasteiger partial charge is 0.352 e. The maximum Gasteiger partial charge on any atom is 0.226 e. The number of carbonyl (C=O) groups is 1. The van der Waals surface area contributed by atoms with E-state index >= 15 is 0 Å². The normalized spacial score (nSPS) is 17.2. The number of aryl methyl sites for hydroxylation is 2. The van der Waals surface area contributed by atoms with Gasteiger partial charge < -0.3 is 20.1 Å². The Bertz CT molecular complexity index is 1370. The average molecular weight is 497 g/mol. The molecule has 1 amide bonds. The molecule has 0 unspecified atom stereocenters. The van der Waals surface area contributed by atoms with E-state index in [-0.39, 0.29) is 18.0 Å². The minimum absolute atomic E-state index is 0.0565. The molecule has 8 heteroatoms. The molecule has 0 spiro atoms. The second-order valence-corrected chi connectivity index (χ2v) is 9.37. The molecule has 2 N–H and O–H groups in total. The summed E-state index contributed by atoms with van der Waals surface area (Å²) in [6.07, 6.45) is 5.95. The van der Waals surface area contributed by atoms with E-state index in [4.69, 9.17) is 12.2 Å². The molecule has 3 aromatic heterocycles. The van der Waals surface area contributed by atoms with E-state index in [1.54, 1.807) is 6.20 Å². The molecular weight excluding hydrogens is 468 g/mol. The fraction of sp³-hybridized carbons (Fsp3) is 0.214. The van der Waals surface area contributed by atoms with E-state index in [2.05, 4.69) is 36.1 Å². The van der Waals surface area contributed by atoms with Gasteiger partial charge in [-0.1, -0.05) is 24.3 Å². The van der Waals surface area contributed by atoms with Gasteiger partial charge in [0.15, 0.2) is 5.11 Å². The Morgan fingerprint density at radius 1 is 1.03 bits per heavy atom.